The molecule has 1 heterocycles. The highest BCUT2D eigenvalue weighted by Crippen LogP contribution is 2.26. The lowest BCUT2D eigenvalue weighted by Crippen LogP contribution is -2.11. The van der Waals surface area contributed by atoms with Crippen LogP contribution in [0.5, 0.6) is 5.75 Å². The highest BCUT2D eigenvalue weighted by atomic mass is 16.5. The van der Waals surface area contributed by atoms with Gasteiger partial charge in [0.25, 0.3) is 0 Å². The van der Waals surface area contributed by atoms with Crippen molar-refractivity contribution in [3.8, 4) is 5.75 Å². The molecule has 0 saturated heterocycles. The fourth-order valence-electron chi connectivity index (χ4n) is 1.79. The molecule has 19 heavy (non-hydrogen) atoms. The van der Waals surface area contributed by atoms with Gasteiger partial charge in [0, 0.05) is 18.0 Å². The first kappa shape index (κ1) is 13.4. The lowest BCUT2D eigenvalue weighted by atomic mass is 9.88. The first-order chi connectivity index (χ1) is 8.99. The van der Waals surface area contributed by atoms with E-state index >= 15 is 0 Å². The molecule has 0 spiro atoms. The number of pyridine rings is 1. The smallest absolute Gasteiger partial charge is 0.120 e. The number of anilines is 2. The fourth-order valence-corrected chi connectivity index (χ4v) is 1.79. The predicted molar refractivity (Wildman–Crippen MR) is 79.2 cm³/mol. The third kappa shape index (κ3) is 3.47. The summed E-state index contributed by atoms with van der Waals surface area (Å²) >= 11 is 0. The van der Waals surface area contributed by atoms with Gasteiger partial charge in [0.15, 0.2) is 0 Å². The van der Waals surface area contributed by atoms with Crippen LogP contribution in [0.1, 0.15) is 26.3 Å². The van der Waals surface area contributed by atoms with Crippen LogP contribution < -0.4 is 10.1 Å². The van der Waals surface area contributed by atoms with Crippen molar-refractivity contribution in [2.24, 2.45) is 0 Å². The number of benzene rings is 1. The van der Waals surface area contributed by atoms with Crippen LogP contribution in [0.15, 0.2) is 42.7 Å². The Morgan fingerprint density at radius 1 is 1.05 bits per heavy atom. The van der Waals surface area contributed by atoms with Crippen molar-refractivity contribution in [1.29, 1.82) is 0 Å². The summed E-state index contributed by atoms with van der Waals surface area (Å²) in [5, 5.41) is 3.35. The van der Waals surface area contributed by atoms with Gasteiger partial charge in [0.05, 0.1) is 19.0 Å². The van der Waals surface area contributed by atoms with E-state index in [1.54, 1.807) is 7.11 Å². The van der Waals surface area contributed by atoms with Crippen LogP contribution in [-0.4, -0.2) is 12.1 Å². The van der Waals surface area contributed by atoms with E-state index in [1.807, 2.05) is 36.7 Å². The average molecular weight is 256 g/mol. The van der Waals surface area contributed by atoms with Crippen LogP contribution in [0.2, 0.25) is 0 Å². The standard InChI is InChI=1S/C16H20N2O/c1-16(2,3)12-8-14(11-17-10-12)18-13-6-5-7-15(9-13)19-4/h5-11,18H,1-4H3. The van der Waals surface area contributed by atoms with Gasteiger partial charge in [-0.1, -0.05) is 26.8 Å². The maximum absolute atomic E-state index is 5.21. The van der Waals surface area contributed by atoms with E-state index in [0.717, 1.165) is 17.1 Å². The molecule has 0 radical (unpaired) electrons. The Hall–Kier alpha value is -2.03. The Bertz CT molecular complexity index is 559. The maximum atomic E-state index is 5.21. The maximum Gasteiger partial charge on any atom is 0.120 e. The van der Waals surface area contributed by atoms with Crippen LogP contribution >= 0.6 is 0 Å². The summed E-state index contributed by atoms with van der Waals surface area (Å²) in [5.41, 5.74) is 3.28. The second kappa shape index (κ2) is 5.31. The van der Waals surface area contributed by atoms with Gasteiger partial charge < -0.3 is 10.1 Å². The summed E-state index contributed by atoms with van der Waals surface area (Å²) in [5.74, 6) is 0.838. The van der Waals surface area contributed by atoms with Gasteiger partial charge in [0.1, 0.15) is 5.75 Å². The SMILES string of the molecule is COc1cccc(Nc2cncc(C(C)(C)C)c2)c1. The van der Waals surface area contributed by atoms with E-state index in [-0.39, 0.29) is 5.41 Å². The molecular formula is C16H20N2O. The zero-order valence-corrected chi connectivity index (χ0v) is 11.9. The topological polar surface area (TPSA) is 34.1 Å². The molecule has 2 aromatic rings. The minimum Gasteiger partial charge on any atom is -0.497 e. The van der Waals surface area contributed by atoms with Gasteiger partial charge in [0.2, 0.25) is 0 Å². The molecule has 0 aliphatic heterocycles. The minimum atomic E-state index is 0.0963. The average Bonchev–Trinajstić information content (AvgIpc) is 2.38. The van der Waals surface area contributed by atoms with Gasteiger partial charge in [-0.2, -0.15) is 0 Å². The van der Waals surface area contributed by atoms with Crippen LogP contribution in [0.4, 0.5) is 11.4 Å². The normalized spacial score (nSPS) is 11.2. The Labute approximate surface area is 114 Å². The minimum absolute atomic E-state index is 0.0963. The molecule has 1 N–H and O–H groups in total. The Morgan fingerprint density at radius 2 is 1.84 bits per heavy atom. The van der Waals surface area contributed by atoms with Crippen LogP contribution in [0.3, 0.4) is 0 Å². The number of hydrogen-bond acceptors (Lipinski definition) is 3. The molecule has 0 unspecified atom stereocenters. The largest absolute Gasteiger partial charge is 0.497 e. The van der Waals surface area contributed by atoms with E-state index in [2.05, 4.69) is 37.1 Å². The molecule has 0 atom stereocenters. The third-order valence-corrected chi connectivity index (χ3v) is 2.96. The molecule has 1 aromatic heterocycles. The van der Waals surface area contributed by atoms with Gasteiger partial charge in [-0.15, -0.1) is 0 Å². The first-order valence-corrected chi connectivity index (χ1v) is 6.35. The van der Waals surface area contributed by atoms with Gasteiger partial charge in [-0.25, -0.2) is 0 Å². The van der Waals surface area contributed by atoms with Crippen molar-refractivity contribution >= 4 is 11.4 Å². The Kier molecular flexibility index (Phi) is 3.74. The number of nitrogens with one attached hydrogen (secondary N) is 1. The Morgan fingerprint density at radius 3 is 2.53 bits per heavy atom. The highest BCUT2D eigenvalue weighted by Gasteiger charge is 2.14. The van der Waals surface area contributed by atoms with E-state index in [9.17, 15) is 0 Å². The summed E-state index contributed by atoms with van der Waals surface area (Å²) in [6, 6.07) is 9.99. The molecule has 100 valence electrons. The van der Waals surface area contributed by atoms with E-state index in [4.69, 9.17) is 4.74 Å². The summed E-state index contributed by atoms with van der Waals surface area (Å²) in [4.78, 5) is 4.30. The molecule has 3 heteroatoms. The van der Waals surface area contributed by atoms with Crippen molar-refractivity contribution in [2.45, 2.75) is 26.2 Å². The van der Waals surface area contributed by atoms with E-state index in [1.165, 1.54) is 5.56 Å². The number of methoxy groups -OCH3 is 1. The van der Waals surface area contributed by atoms with Gasteiger partial charge in [-0.3, -0.25) is 4.98 Å². The zero-order valence-electron chi connectivity index (χ0n) is 11.9. The van der Waals surface area contributed by atoms with E-state index in [0.29, 0.717) is 0 Å². The van der Waals surface area contributed by atoms with Crippen LogP contribution in [0, 0.1) is 0 Å². The molecule has 0 fully saturated rings. The molecule has 0 aliphatic rings. The van der Waals surface area contributed by atoms with Crippen molar-refractivity contribution in [3.05, 3.63) is 48.3 Å². The molecule has 0 saturated carbocycles. The second-order valence-electron chi connectivity index (χ2n) is 5.57. The third-order valence-electron chi connectivity index (χ3n) is 2.96. The number of ether oxygens (including phenoxy) is 1. The number of rotatable bonds is 3. The summed E-state index contributed by atoms with van der Waals surface area (Å²) < 4.78 is 5.21. The fraction of sp³-hybridized carbons (Fsp3) is 0.312. The van der Waals surface area contributed by atoms with Crippen molar-refractivity contribution < 1.29 is 4.74 Å². The van der Waals surface area contributed by atoms with Gasteiger partial charge >= 0.3 is 0 Å². The first-order valence-electron chi connectivity index (χ1n) is 6.35. The lowest BCUT2D eigenvalue weighted by Gasteiger charge is -2.19. The second-order valence-corrected chi connectivity index (χ2v) is 5.57. The van der Waals surface area contributed by atoms with Crippen LogP contribution in [-0.2, 0) is 5.41 Å². The molecule has 2 rings (SSSR count). The van der Waals surface area contributed by atoms with E-state index < -0.39 is 0 Å². The molecule has 0 amide bonds. The predicted octanol–water partition coefficient (Wildman–Crippen LogP) is 4.13. The highest BCUT2D eigenvalue weighted by molar-refractivity contribution is 5.61. The number of hydrogen-bond donors (Lipinski definition) is 1. The Balaban J connectivity index is 2.23. The summed E-state index contributed by atoms with van der Waals surface area (Å²) in [6.07, 6.45) is 3.74. The van der Waals surface area contributed by atoms with Crippen molar-refractivity contribution in [2.75, 3.05) is 12.4 Å². The van der Waals surface area contributed by atoms with Crippen LogP contribution in [0.25, 0.3) is 0 Å². The number of nitrogens with zero attached hydrogens (tertiary/aromatic N) is 1. The lowest BCUT2D eigenvalue weighted by molar-refractivity contribution is 0.415. The summed E-state index contributed by atoms with van der Waals surface area (Å²) in [7, 11) is 1.67. The monoisotopic (exact) mass is 256 g/mol. The molecule has 3 nitrogen and oxygen atoms in total. The molecule has 0 bridgehead atoms. The number of aromatic nitrogens is 1. The molecule has 0 aliphatic carbocycles. The van der Waals surface area contributed by atoms with Gasteiger partial charge in [-0.05, 0) is 29.2 Å². The molecular weight excluding hydrogens is 236 g/mol. The van der Waals surface area contributed by atoms with Crippen molar-refractivity contribution in [3.63, 3.8) is 0 Å². The molecule has 1 aromatic carbocycles. The quantitative estimate of drug-likeness (QED) is 0.896. The zero-order chi connectivity index (χ0) is 13.9. The summed E-state index contributed by atoms with van der Waals surface area (Å²) in [6.45, 7) is 6.54. The van der Waals surface area contributed by atoms with Crippen molar-refractivity contribution in [1.82, 2.24) is 4.98 Å².